The summed E-state index contributed by atoms with van der Waals surface area (Å²) in [6.07, 6.45) is 0. The number of aromatic nitrogens is 3. The molecule has 1 aromatic heterocycles. The van der Waals surface area contributed by atoms with Gasteiger partial charge in [-0.15, -0.1) is 0 Å². The first kappa shape index (κ1) is 14.3. The zero-order valence-corrected chi connectivity index (χ0v) is 11.7. The molecule has 0 unspecified atom stereocenters. The van der Waals surface area contributed by atoms with Gasteiger partial charge in [-0.25, -0.2) is 4.39 Å². The fourth-order valence-electron chi connectivity index (χ4n) is 1.53. The molecule has 1 heterocycles. The van der Waals surface area contributed by atoms with E-state index in [4.69, 9.17) is 16.3 Å². The van der Waals surface area contributed by atoms with Crippen molar-refractivity contribution in [3.63, 3.8) is 0 Å². The minimum absolute atomic E-state index is 0.0551. The third-order valence-electron chi connectivity index (χ3n) is 2.35. The third-order valence-corrected chi connectivity index (χ3v) is 2.52. The second kappa shape index (κ2) is 6.33. The van der Waals surface area contributed by atoms with Crippen LogP contribution in [-0.2, 0) is 0 Å². The number of benzene rings is 1. The zero-order chi connectivity index (χ0) is 14.5. The van der Waals surface area contributed by atoms with Gasteiger partial charge in [0.1, 0.15) is 11.6 Å². The molecule has 0 atom stereocenters. The van der Waals surface area contributed by atoms with E-state index in [9.17, 15) is 4.39 Å². The van der Waals surface area contributed by atoms with E-state index in [-0.39, 0.29) is 11.2 Å². The Bertz CT molecular complexity index is 610. The van der Waals surface area contributed by atoms with Crippen LogP contribution in [0, 0.1) is 5.82 Å². The molecule has 2 aromatic rings. The molecule has 0 amide bonds. The molecule has 2 rings (SSSR count). The number of nitrogens with zero attached hydrogens (tertiary/aromatic N) is 3. The maximum absolute atomic E-state index is 13.1. The summed E-state index contributed by atoms with van der Waals surface area (Å²) in [5.41, 5.74) is 0.526. The van der Waals surface area contributed by atoms with Crippen molar-refractivity contribution in [3.8, 4) is 5.75 Å². The number of ether oxygens (including phenoxy) is 1. The maximum Gasteiger partial charge on any atom is 0.233 e. The lowest BCUT2D eigenvalue weighted by molar-refractivity contribution is 0.413. The standard InChI is InChI=1S/C12H13ClFN5O/c1-3-15-11-17-10(13)18-12(19-11)16-8-5-4-7(14)6-9(8)20-2/h4-6H,3H2,1-2H3,(H2,15,16,17,18,19). The molecule has 0 aliphatic heterocycles. The summed E-state index contributed by atoms with van der Waals surface area (Å²) in [7, 11) is 1.45. The SMILES string of the molecule is CCNc1nc(Cl)nc(Nc2ccc(F)cc2OC)n1. The number of anilines is 3. The van der Waals surface area contributed by atoms with Gasteiger partial charge in [0.2, 0.25) is 17.2 Å². The summed E-state index contributed by atoms with van der Waals surface area (Å²) in [5.74, 6) is 0.544. The second-order valence-electron chi connectivity index (χ2n) is 3.75. The predicted molar refractivity (Wildman–Crippen MR) is 75.2 cm³/mol. The molecule has 106 valence electrons. The summed E-state index contributed by atoms with van der Waals surface area (Å²) in [6, 6.07) is 4.09. The highest BCUT2D eigenvalue weighted by Gasteiger charge is 2.09. The molecule has 2 N–H and O–H groups in total. The molecule has 0 aliphatic rings. The first-order valence-corrected chi connectivity index (χ1v) is 6.26. The highest BCUT2D eigenvalue weighted by molar-refractivity contribution is 6.28. The number of rotatable bonds is 5. The molecule has 0 bridgehead atoms. The van der Waals surface area contributed by atoms with Gasteiger partial charge in [-0.2, -0.15) is 15.0 Å². The van der Waals surface area contributed by atoms with Crippen LogP contribution in [0.15, 0.2) is 18.2 Å². The van der Waals surface area contributed by atoms with Crippen molar-refractivity contribution in [1.29, 1.82) is 0 Å². The van der Waals surface area contributed by atoms with Crippen molar-refractivity contribution in [2.75, 3.05) is 24.3 Å². The lowest BCUT2D eigenvalue weighted by Crippen LogP contribution is -2.07. The second-order valence-corrected chi connectivity index (χ2v) is 4.09. The normalized spacial score (nSPS) is 10.2. The van der Waals surface area contributed by atoms with Crippen LogP contribution in [0.4, 0.5) is 22.0 Å². The van der Waals surface area contributed by atoms with E-state index >= 15 is 0 Å². The van der Waals surface area contributed by atoms with Gasteiger partial charge in [0, 0.05) is 12.6 Å². The Balaban J connectivity index is 2.29. The van der Waals surface area contributed by atoms with E-state index in [0.29, 0.717) is 23.9 Å². The van der Waals surface area contributed by atoms with Crippen LogP contribution in [0.3, 0.4) is 0 Å². The van der Waals surface area contributed by atoms with Crippen molar-refractivity contribution >= 4 is 29.2 Å². The Kier molecular flexibility index (Phi) is 4.52. The van der Waals surface area contributed by atoms with E-state index in [1.54, 1.807) is 0 Å². The molecular formula is C12H13ClFN5O. The van der Waals surface area contributed by atoms with E-state index in [1.165, 1.54) is 25.3 Å². The largest absolute Gasteiger partial charge is 0.494 e. The molecule has 0 saturated heterocycles. The number of hydrogen-bond donors (Lipinski definition) is 2. The van der Waals surface area contributed by atoms with Gasteiger partial charge in [-0.1, -0.05) is 0 Å². The minimum atomic E-state index is -0.394. The van der Waals surface area contributed by atoms with Gasteiger partial charge in [0.15, 0.2) is 0 Å². The average Bonchev–Trinajstić information content (AvgIpc) is 2.40. The van der Waals surface area contributed by atoms with Crippen LogP contribution < -0.4 is 15.4 Å². The molecule has 8 heteroatoms. The molecule has 6 nitrogen and oxygen atoms in total. The zero-order valence-electron chi connectivity index (χ0n) is 10.9. The molecule has 20 heavy (non-hydrogen) atoms. The lowest BCUT2D eigenvalue weighted by atomic mass is 10.3. The van der Waals surface area contributed by atoms with Crippen molar-refractivity contribution < 1.29 is 9.13 Å². The molecule has 0 spiro atoms. The first-order chi connectivity index (χ1) is 9.62. The number of methoxy groups -OCH3 is 1. The minimum Gasteiger partial charge on any atom is -0.494 e. The first-order valence-electron chi connectivity index (χ1n) is 5.88. The van der Waals surface area contributed by atoms with Crippen LogP contribution in [-0.4, -0.2) is 28.6 Å². The Morgan fingerprint density at radius 2 is 2.00 bits per heavy atom. The van der Waals surface area contributed by atoms with Crippen LogP contribution in [0.25, 0.3) is 0 Å². The molecule has 0 aliphatic carbocycles. The Labute approximate surface area is 120 Å². The summed E-state index contributed by atoms with van der Waals surface area (Å²) in [5, 5.41) is 5.90. The predicted octanol–water partition coefficient (Wildman–Crippen LogP) is 2.85. The van der Waals surface area contributed by atoms with E-state index < -0.39 is 5.82 Å². The van der Waals surface area contributed by atoms with Crippen LogP contribution >= 0.6 is 11.6 Å². The van der Waals surface area contributed by atoms with E-state index in [0.717, 1.165) is 0 Å². The Hall–Kier alpha value is -2.15. The Morgan fingerprint density at radius 3 is 2.70 bits per heavy atom. The summed E-state index contributed by atoms with van der Waals surface area (Å²) >= 11 is 5.82. The summed E-state index contributed by atoms with van der Waals surface area (Å²) in [4.78, 5) is 12.0. The smallest absolute Gasteiger partial charge is 0.233 e. The highest BCUT2D eigenvalue weighted by Crippen LogP contribution is 2.27. The van der Waals surface area contributed by atoms with E-state index in [2.05, 4.69) is 25.6 Å². The van der Waals surface area contributed by atoms with Crippen molar-refractivity contribution in [2.24, 2.45) is 0 Å². The Morgan fingerprint density at radius 1 is 1.25 bits per heavy atom. The van der Waals surface area contributed by atoms with Gasteiger partial charge in [0.25, 0.3) is 0 Å². The van der Waals surface area contributed by atoms with Crippen LogP contribution in [0.2, 0.25) is 5.28 Å². The van der Waals surface area contributed by atoms with Crippen molar-refractivity contribution in [1.82, 2.24) is 15.0 Å². The van der Waals surface area contributed by atoms with Gasteiger partial charge in [-0.05, 0) is 30.7 Å². The van der Waals surface area contributed by atoms with Gasteiger partial charge < -0.3 is 15.4 Å². The molecule has 0 fully saturated rings. The van der Waals surface area contributed by atoms with E-state index in [1.807, 2.05) is 6.92 Å². The summed E-state index contributed by atoms with van der Waals surface area (Å²) in [6.45, 7) is 2.56. The fourth-order valence-corrected chi connectivity index (χ4v) is 1.69. The van der Waals surface area contributed by atoms with Crippen LogP contribution in [0.5, 0.6) is 5.75 Å². The van der Waals surface area contributed by atoms with Gasteiger partial charge in [0.05, 0.1) is 12.8 Å². The summed E-state index contributed by atoms with van der Waals surface area (Å²) < 4.78 is 18.2. The third kappa shape index (κ3) is 3.45. The maximum atomic E-state index is 13.1. The fraction of sp³-hybridized carbons (Fsp3) is 0.250. The van der Waals surface area contributed by atoms with Gasteiger partial charge in [-0.3, -0.25) is 0 Å². The average molecular weight is 298 g/mol. The molecule has 0 radical (unpaired) electrons. The van der Waals surface area contributed by atoms with Crippen molar-refractivity contribution in [2.45, 2.75) is 6.92 Å². The quantitative estimate of drug-likeness (QED) is 0.884. The van der Waals surface area contributed by atoms with Crippen LogP contribution in [0.1, 0.15) is 6.92 Å². The lowest BCUT2D eigenvalue weighted by Gasteiger charge is -2.10. The molecule has 1 aromatic carbocycles. The number of hydrogen-bond acceptors (Lipinski definition) is 6. The van der Waals surface area contributed by atoms with Gasteiger partial charge >= 0.3 is 0 Å². The van der Waals surface area contributed by atoms with Crippen molar-refractivity contribution in [3.05, 3.63) is 29.3 Å². The monoisotopic (exact) mass is 297 g/mol. The topological polar surface area (TPSA) is 72.0 Å². The highest BCUT2D eigenvalue weighted by atomic mass is 35.5. The number of halogens is 2. The molecule has 0 saturated carbocycles. The molecular weight excluding hydrogens is 285 g/mol. The number of nitrogens with one attached hydrogen (secondary N) is 2.